The second kappa shape index (κ2) is 6.69. The van der Waals surface area contributed by atoms with Gasteiger partial charge in [-0.1, -0.05) is 18.2 Å². The van der Waals surface area contributed by atoms with Crippen molar-refractivity contribution in [1.82, 2.24) is 0 Å². The lowest BCUT2D eigenvalue weighted by molar-refractivity contribution is -0.0504. The quantitative estimate of drug-likeness (QED) is 0.860. The van der Waals surface area contributed by atoms with Crippen LogP contribution in [0.2, 0.25) is 0 Å². The van der Waals surface area contributed by atoms with Gasteiger partial charge in [0.1, 0.15) is 5.75 Å². The number of halogens is 2. The summed E-state index contributed by atoms with van der Waals surface area (Å²) in [6, 6.07) is 13.1. The van der Waals surface area contributed by atoms with Gasteiger partial charge in [0.25, 0.3) is 0 Å². The van der Waals surface area contributed by atoms with Crippen LogP contribution in [0.4, 0.5) is 14.5 Å². The zero-order valence-corrected chi connectivity index (χ0v) is 11.1. The number of rotatable bonds is 6. The molecule has 0 saturated heterocycles. The fraction of sp³-hybridized carbons (Fsp3) is 0.133. The van der Waals surface area contributed by atoms with Crippen LogP contribution in [0.25, 0.3) is 0 Å². The average molecular weight is 292 g/mol. The Balaban J connectivity index is 2.04. The summed E-state index contributed by atoms with van der Waals surface area (Å²) in [6.07, 6.45) is 0. The van der Waals surface area contributed by atoms with Crippen LogP contribution < -0.4 is 15.8 Å². The van der Waals surface area contributed by atoms with Gasteiger partial charge in [0.15, 0.2) is 0 Å². The molecule has 1 amide bonds. The number of para-hydroxylation sites is 1. The highest BCUT2D eigenvalue weighted by atomic mass is 19.3. The van der Waals surface area contributed by atoms with Crippen molar-refractivity contribution in [3.63, 3.8) is 0 Å². The molecule has 0 aliphatic rings. The van der Waals surface area contributed by atoms with E-state index in [-0.39, 0.29) is 5.75 Å². The zero-order valence-electron chi connectivity index (χ0n) is 11.1. The van der Waals surface area contributed by atoms with Gasteiger partial charge in [-0.25, -0.2) is 0 Å². The predicted octanol–water partition coefficient (Wildman–Crippen LogP) is 3.00. The van der Waals surface area contributed by atoms with Crippen molar-refractivity contribution in [2.45, 2.75) is 13.2 Å². The fourth-order valence-corrected chi connectivity index (χ4v) is 1.81. The summed E-state index contributed by atoms with van der Waals surface area (Å²) < 4.78 is 29.0. The van der Waals surface area contributed by atoms with Crippen molar-refractivity contribution >= 4 is 11.6 Å². The van der Waals surface area contributed by atoms with Gasteiger partial charge < -0.3 is 15.8 Å². The molecule has 0 aliphatic heterocycles. The predicted molar refractivity (Wildman–Crippen MR) is 75.4 cm³/mol. The molecule has 0 bridgehead atoms. The first-order chi connectivity index (χ1) is 10.1. The van der Waals surface area contributed by atoms with E-state index in [9.17, 15) is 13.6 Å². The fourth-order valence-electron chi connectivity index (χ4n) is 1.81. The number of anilines is 1. The highest BCUT2D eigenvalue weighted by Gasteiger charge is 2.08. The molecule has 21 heavy (non-hydrogen) atoms. The number of hydrogen-bond donors (Lipinski definition) is 2. The maximum Gasteiger partial charge on any atom is 0.387 e. The molecular weight excluding hydrogens is 278 g/mol. The molecule has 0 heterocycles. The molecule has 3 N–H and O–H groups in total. The largest absolute Gasteiger partial charge is 0.434 e. The summed E-state index contributed by atoms with van der Waals surface area (Å²) in [5.74, 6) is -0.369. The molecule has 4 nitrogen and oxygen atoms in total. The Labute approximate surface area is 120 Å². The van der Waals surface area contributed by atoms with E-state index in [2.05, 4.69) is 10.1 Å². The first kappa shape index (κ1) is 14.8. The maximum absolute atomic E-state index is 12.3. The number of carbonyl (C=O) groups excluding carboxylic acids is 1. The first-order valence-electron chi connectivity index (χ1n) is 6.22. The molecule has 2 rings (SSSR count). The standard InChI is InChI=1S/C15H14F2N2O2/c16-15(17)21-13-4-2-1-3-11(13)9-19-12-7-5-10(6-8-12)14(18)20/h1-8,15,19H,9H2,(H2,18,20). The van der Waals surface area contributed by atoms with Crippen LogP contribution in [0.5, 0.6) is 5.75 Å². The van der Waals surface area contributed by atoms with E-state index in [1.165, 1.54) is 6.07 Å². The second-order valence-corrected chi connectivity index (χ2v) is 4.28. The van der Waals surface area contributed by atoms with Crippen molar-refractivity contribution in [1.29, 1.82) is 0 Å². The molecule has 0 radical (unpaired) electrons. The number of ether oxygens (including phenoxy) is 1. The molecule has 0 aliphatic carbocycles. The van der Waals surface area contributed by atoms with Gasteiger partial charge in [-0.15, -0.1) is 0 Å². The molecule has 2 aromatic rings. The monoisotopic (exact) mass is 292 g/mol. The molecule has 0 spiro atoms. The maximum atomic E-state index is 12.3. The van der Waals surface area contributed by atoms with Crippen LogP contribution in [-0.4, -0.2) is 12.5 Å². The third kappa shape index (κ3) is 4.17. The van der Waals surface area contributed by atoms with E-state index < -0.39 is 12.5 Å². The minimum atomic E-state index is -2.86. The van der Waals surface area contributed by atoms with E-state index in [1.807, 2.05) is 0 Å². The SMILES string of the molecule is NC(=O)c1ccc(NCc2ccccc2OC(F)F)cc1. The number of nitrogens with one attached hydrogen (secondary N) is 1. The molecule has 2 aromatic carbocycles. The van der Waals surface area contributed by atoms with Crippen LogP contribution in [0.3, 0.4) is 0 Å². The highest BCUT2D eigenvalue weighted by Crippen LogP contribution is 2.21. The van der Waals surface area contributed by atoms with E-state index in [0.717, 1.165) is 5.69 Å². The number of benzene rings is 2. The van der Waals surface area contributed by atoms with Gasteiger partial charge in [-0.3, -0.25) is 4.79 Å². The number of nitrogens with two attached hydrogens (primary N) is 1. The second-order valence-electron chi connectivity index (χ2n) is 4.28. The Morgan fingerprint density at radius 3 is 2.43 bits per heavy atom. The van der Waals surface area contributed by atoms with Crippen LogP contribution in [-0.2, 0) is 6.54 Å². The number of carbonyl (C=O) groups is 1. The van der Waals surface area contributed by atoms with Crippen LogP contribution >= 0.6 is 0 Å². The lowest BCUT2D eigenvalue weighted by Gasteiger charge is -2.12. The van der Waals surface area contributed by atoms with Crippen molar-refractivity contribution in [3.05, 3.63) is 59.7 Å². The van der Waals surface area contributed by atoms with E-state index in [1.54, 1.807) is 42.5 Å². The molecule has 0 aromatic heterocycles. The molecule has 0 atom stereocenters. The zero-order chi connectivity index (χ0) is 15.2. The third-order valence-corrected chi connectivity index (χ3v) is 2.84. The molecular formula is C15H14F2N2O2. The topological polar surface area (TPSA) is 64.4 Å². The van der Waals surface area contributed by atoms with E-state index in [0.29, 0.717) is 17.7 Å². The molecule has 0 fully saturated rings. The van der Waals surface area contributed by atoms with Crippen molar-refractivity contribution < 1.29 is 18.3 Å². The van der Waals surface area contributed by atoms with Gasteiger partial charge in [0, 0.05) is 23.4 Å². The van der Waals surface area contributed by atoms with Crippen molar-refractivity contribution in [2.24, 2.45) is 5.73 Å². The summed E-state index contributed by atoms with van der Waals surface area (Å²) in [5, 5.41) is 3.06. The Morgan fingerprint density at radius 2 is 1.81 bits per heavy atom. The van der Waals surface area contributed by atoms with Crippen LogP contribution in [0.15, 0.2) is 48.5 Å². The normalized spacial score (nSPS) is 10.4. The van der Waals surface area contributed by atoms with Gasteiger partial charge in [-0.05, 0) is 30.3 Å². The van der Waals surface area contributed by atoms with Crippen molar-refractivity contribution in [2.75, 3.05) is 5.32 Å². The highest BCUT2D eigenvalue weighted by molar-refractivity contribution is 5.93. The number of amides is 1. The minimum Gasteiger partial charge on any atom is -0.434 e. The smallest absolute Gasteiger partial charge is 0.387 e. The Hall–Kier alpha value is -2.63. The summed E-state index contributed by atoms with van der Waals surface area (Å²) in [6.45, 7) is -2.54. The number of primary amides is 1. The number of alkyl halides is 2. The van der Waals surface area contributed by atoms with Crippen LogP contribution in [0.1, 0.15) is 15.9 Å². The van der Waals surface area contributed by atoms with Gasteiger partial charge >= 0.3 is 6.61 Å². The summed E-state index contributed by atoms with van der Waals surface area (Å²) in [5.41, 5.74) is 6.90. The Bertz CT molecular complexity index is 615. The molecule has 0 saturated carbocycles. The summed E-state index contributed by atoms with van der Waals surface area (Å²) in [7, 11) is 0. The molecule has 6 heteroatoms. The van der Waals surface area contributed by atoms with Crippen LogP contribution in [0, 0.1) is 0 Å². The lowest BCUT2D eigenvalue weighted by atomic mass is 10.1. The lowest BCUT2D eigenvalue weighted by Crippen LogP contribution is -2.10. The summed E-state index contributed by atoms with van der Waals surface area (Å²) >= 11 is 0. The van der Waals surface area contributed by atoms with Gasteiger partial charge in [-0.2, -0.15) is 8.78 Å². The Morgan fingerprint density at radius 1 is 1.14 bits per heavy atom. The third-order valence-electron chi connectivity index (χ3n) is 2.84. The number of hydrogen-bond acceptors (Lipinski definition) is 3. The molecule has 0 unspecified atom stereocenters. The first-order valence-corrected chi connectivity index (χ1v) is 6.22. The van der Waals surface area contributed by atoms with Gasteiger partial charge in [0.2, 0.25) is 5.91 Å². The van der Waals surface area contributed by atoms with E-state index >= 15 is 0 Å². The summed E-state index contributed by atoms with van der Waals surface area (Å²) in [4.78, 5) is 11.0. The van der Waals surface area contributed by atoms with Gasteiger partial charge in [0.05, 0.1) is 0 Å². The minimum absolute atomic E-state index is 0.133. The molecule has 110 valence electrons. The Kier molecular flexibility index (Phi) is 4.71. The van der Waals surface area contributed by atoms with E-state index in [4.69, 9.17) is 5.73 Å². The van der Waals surface area contributed by atoms with Crippen molar-refractivity contribution in [3.8, 4) is 5.75 Å². The average Bonchev–Trinajstić information content (AvgIpc) is 2.46.